The fourth-order valence-corrected chi connectivity index (χ4v) is 2.18. The van der Waals surface area contributed by atoms with Crippen LogP contribution in [0.2, 0.25) is 0 Å². The molecule has 0 saturated heterocycles. The van der Waals surface area contributed by atoms with Crippen molar-refractivity contribution in [3.8, 4) is 5.75 Å². The van der Waals surface area contributed by atoms with E-state index >= 15 is 0 Å². The van der Waals surface area contributed by atoms with Gasteiger partial charge in [0.15, 0.2) is 5.78 Å². The zero-order chi connectivity index (χ0) is 15.5. The van der Waals surface area contributed by atoms with Crippen LogP contribution >= 0.6 is 0 Å². The summed E-state index contributed by atoms with van der Waals surface area (Å²) in [5.41, 5.74) is 2.08. The number of carbonyl (C=O) groups is 1. The molecule has 0 aliphatic rings. The van der Waals surface area contributed by atoms with Gasteiger partial charge in [-0.05, 0) is 43.3 Å². The lowest BCUT2D eigenvalue weighted by molar-refractivity contribution is 0.101. The molecule has 3 rings (SSSR count). The van der Waals surface area contributed by atoms with E-state index in [0.29, 0.717) is 11.3 Å². The van der Waals surface area contributed by atoms with Gasteiger partial charge in [0.2, 0.25) is 0 Å². The molecule has 0 amide bonds. The SMILES string of the molecule is CC(=O)c1cccc(OCc2ccc3cc(F)ccc3n2)c1. The van der Waals surface area contributed by atoms with E-state index in [0.717, 1.165) is 16.6 Å². The number of aromatic nitrogens is 1. The number of rotatable bonds is 4. The Morgan fingerprint density at radius 1 is 1.14 bits per heavy atom. The highest BCUT2D eigenvalue weighted by Crippen LogP contribution is 2.17. The van der Waals surface area contributed by atoms with Crippen molar-refractivity contribution in [2.75, 3.05) is 0 Å². The summed E-state index contributed by atoms with van der Waals surface area (Å²) in [4.78, 5) is 15.8. The molecular weight excluding hydrogens is 281 g/mol. The molecule has 0 N–H and O–H groups in total. The molecule has 22 heavy (non-hydrogen) atoms. The van der Waals surface area contributed by atoms with Crippen LogP contribution in [0.5, 0.6) is 5.75 Å². The molecule has 3 nitrogen and oxygen atoms in total. The molecule has 0 aliphatic heterocycles. The predicted octanol–water partition coefficient (Wildman–Crippen LogP) is 4.16. The predicted molar refractivity (Wildman–Crippen MR) is 82.5 cm³/mol. The molecule has 1 aromatic heterocycles. The molecule has 0 aliphatic carbocycles. The highest BCUT2D eigenvalue weighted by molar-refractivity contribution is 5.94. The average Bonchev–Trinajstić information content (AvgIpc) is 2.53. The Morgan fingerprint density at radius 3 is 2.82 bits per heavy atom. The zero-order valence-electron chi connectivity index (χ0n) is 12.0. The standard InChI is InChI=1S/C18H14FNO2/c1-12(21)13-3-2-4-17(10-13)22-11-16-7-5-14-9-15(19)6-8-18(14)20-16/h2-10H,11H2,1H3. The summed E-state index contributed by atoms with van der Waals surface area (Å²) < 4.78 is 18.8. The second-order valence-electron chi connectivity index (χ2n) is 5.01. The van der Waals surface area contributed by atoms with E-state index in [2.05, 4.69) is 4.98 Å². The van der Waals surface area contributed by atoms with Crippen LogP contribution in [-0.2, 0) is 6.61 Å². The monoisotopic (exact) mass is 295 g/mol. The molecule has 4 heteroatoms. The Morgan fingerprint density at radius 2 is 2.00 bits per heavy atom. The van der Waals surface area contributed by atoms with Crippen molar-refractivity contribution in [1.82, 2.24) is 4.98 Å². The summed E-state index contributed by atoms with van der Waals surface area (Å²) in [5, 5.41) is 0.752. The van der Waals surface area contributed by atoms with Gasteiger partial charge in [0, 0.05) is 10.9 Å². The first-order chi connectivity index (χ1) is 10.6. The number of fused-ring (bicyclic) bond motifs is 1. The first-order valence-electron chi connectivity index (χ1n) is 6.91. The van der Waals surface area contributed by atoms with E-state index in [1.807, 2.05) is 6.07 Å². The zero-order valence-corrected chi connectivity index (χ0v) is 12.0. The summed E-state index contributed by atoms with van der Waals surface area (Å²) in [7, 11) is 0. The van der Waals surface area contributed by atoms with Crippen molar-refractivity contribution in [2.45, 2.75) is 13.5 Å². The molecule has 2 aromatic carbocycles. The molecule has 110 valence electrons. The second kappa shape index (κ2) is 5.93. The van der Waals surface area contributed by atoms with Crippen LogP contribution in [0, 0.1) is 5.82 Å². The van der Waals surface area contributed by atoms with E-state index < -0.39 is 0 Å². The van der Waals surface area contributed by atoms with Crippen molar-refractivity contribution < 1.29 is 13.9 Å². The minimum atomic E-state index is -0.278. The van der Waals surface area contributed by atoms with Crippen molar-refractivity contribution in [2.24, 2.45) is 0 Å². The Bertz CT molecular complexity index is 845. The molecule has 0 unspecified atom stereocenters. The molecule has 1 heterocycles. The number of pyridine rings is 1. The number of carbonyl (C=O) groups excluding carboxylic acids is 1. The average molecular weight is 295 g/mol. The normalized spacial score (nSPS) is 10.6. The number of Topliss-reactive ketones (excluding diaryl/α,β-unsaturated/α-hetero) is 1. The van der Waals surface area contributed by atoms with Crippen molar-refractivity contribution in [3.05, 3.63) is 71.7 Å². The maximum Gasteiger partial charge on any atom is 0.159 e. The topological polar surface area (TPSA) is 39.2 Å². The van der Waals surface area contributed by atoms with Gasteiger partial charge in [0.05, 0.1) is 11.2 Å². The molecule has 0 saturated carbocycles. The van der Waals surface area contributed by atoms with Gasteiger partial charge < -0.3 is 4.74 Å². The summed E-state index contributed by atoms with van der Waals surface area (Å²) in [6.45, 7) is 1.80. The Kier molecular flexibility index (Phi) is 3.83. The lowest BCUT2D eigenvalue weighted by Gasteiger charge is -2.07. The first kappa shape index (κ1) is 14.2. The van der Waals surface area contributed by atoms with E-state index in [-0.39, 0.29) is 18.2 Å². The molecule has 0 radical (unpaired) electrons. The maximum atomic E-state index is 13.1. The number of halogens is 1. The Balaban J connectivity index is 1.77. The summed E-state index contributed by atoms with van der Waals surface area (Å²) in [5.74, 6) is 0.337. The third-order valence-electron chi connectivity index (χ3n) is 3.34. The fraction of sp³-hybridized carbons (Fsp3) is 0.111. The van der Waals surface area contributed by atoms with Crippen LogP contribution in [-0.4, -0.2) is 10.8 Å². The van der Waals surface area contributed by atoms with Crippen LogP contribution in [0.1, 0.15) is 23.0 Å². The summed E-state index contributed by atoms with van der Waals surface area (Å²) >= 11 is 0. The van der Waals surface area contributed by atoms with Gasteiger partial charge in [-0.2, -0.15) is 0 Å². The van der Waals surface area contributed by atoms with Crippen LogP contribution in [0.3, 0.4) is 0 Å². The second-order valence-corrected chi connectivity index (χ2v) is 5.01. The van der Waals surface area contributed by atoms with Crippen molar-refractivity contribution >= 4 is 16.7 Å². The number of ether oxygens (including phenoxy) is 1. The molecule has 0 atom stereocenters. The van der Waals surface area contributed by atoms with Crippen LogP contribution in [0.15, 0.2) is 54.6 Å². The number of benzene rings is 2. The molecule has 0 bridgehead atoms. The van der Waals surface area contributed by atoms with E-state index in [9.17, 15) is 9.18 Å². The highest BCUT2D eigenvalue weighted by Gasteiger charge is 2.04. The lowest BCUT2D eigenvalue weighted by Crippen LogP contribution is -2.00. The number of hydrogen-bond donors (Lipinski definition) is 0. The third-order valence-corrected chi connectivity index (χ3v) is 3.34. The number of nitrogens with zero attached hydrogens (tertiary/aromatic N) is 1. The quantitative estimate of drug-likeness (QED) is 0.679. The van der Waals surface area contributed by atoms with Gasteiger partial charge >= 0.3 is 0 Å². The first-order valence-corrected chi connectivity index (χ1v) is 6.91. The van der Waals surface area contributed by atoms with Gasteiger partial charge in [0.25, 0.3) is 0 Å². The summed E-state index contributed by atoms with van der Waals surface area (Å²) in [6, 6.07) is 15.1. The summed E-state index contributed by atoms with van der Waals surface area (Å²) in [6.07, 6.45) is 0. The lowest BCUT2D eigenvalue weighted by atomic mass is 10.1. The van der Waals surface area contributed by atoms with E-state index in [1.165, 1.54) is 19.1 Å². The van der Waals surface area contributed by atoms with Crippen molar-refractivity contribution in [3.63, 3.8) is 0 Å². The third kappa shape index (κ3) is 3.11. The van der Waals surface area contributed by atoms with E-state index in [4.69, 9.17) is 4.74 Å². The number of hydrogen-bond acceptors (Lipinski definition) is 3. The van der Waals surface area contributed by atoms with Crippen LogP contribution in [0.25, 0.3) is 10.9 Å². The Hall–Kier alpha value is -2.75. The van der Waals surface area contributed by atoms with Gasteiger partial charge in [-0.15, -0.1) is 0 Å². The van der Waals surface area contributed by atoms with Crippen LogP contribution in [0.4, 0.5) is 4.39 Å². The van der Waals surface area contributed by atoms with Gasteiger partial charge in [0.1, 0.15) is 18.2 Å². The molecule has 0 spiro atoms. The van der Waals surface area contributed by atoms with Gasteiger partial charge in [-0.3, -0.25) is 4.79 Å². The number of ketones is 1. The van der Waals surface area contributed by atoms with Gasteiger partial charge in [-0.25, -0.2) is 9.37 Å². The molecule has 3 aromatic rings. The molecular formula is C18H14FNO2. The fourth-order valence-electron chi connectivity index (χ4n) is 2.18. The molecule has 0 fully saturated rings. The smallest absolute Gasteiger partial charge is 0.159 e. The largest absolute Gasteiger partial charge is 0.487 e. The minimum Gasteiger partial charge on any atom is -0.487 e. The van der Waals surface area contributed by atoms with Crippen molar-refractivity contribution in [1.29, 1.82) is 0 Å². The minimum absolute atomic E-state index is 0.00342. The van der Waals surface area contributed by atoms with Crippen LogP contribution < -0.4 is 4.74 Å². The highest BCUT2D eigenvalue weighted by atomic mass is 19.1. The van der Waals surface area contributed by atoms with Gasteiger partial charge in [-0.1, -0.05) is 18.2 Å². The Labute approximate surface area is 127 Å². The van der Waals surface area contributed by atoms with E-state index in [1.54, 1.807) is 36.4 Å². The maximum absolute atomic E-state index is 13.1.